The number of benzene rings is 11. The van der Waals surface area contributed by atoms with E-state index in [0.29, 0.717) is 0 Å². The Labute approximate surface area is 317 Å². The maximum Gasteiger partial charge on any atom is 0.143 e. The van der Waals surface area contributed by atoms with Gasteiger partial charge in [-0.2, -0.15) is 0 Å². The second-order valence-corrected chi connectivity index (χ2v) is 14.7. The van der Waals surface area contributed by atoms with Crippen molar-refractivity contribution in [2.75, 3.05) is 0 Å². The molecule has 0 saturated carbocycles. The molecule has 0 radical (unpaired) electrons. The maximum atomic E-state index is 6.83. The van der Waals surface area contributed by atoms with Crippen LogP contribution in [0.2, 0.25) is 0 Å². The molecule has 0 aliphatic rings. The second kappa shape index (κ2) is 11.6. The van der Waals surface area contributed by atoms with Gasteiger partial charge in [-0.05, 0) is 105 Å². The van der Waals surface area contributed by atoms with Crippen molar-refractivity contribution in [2.24, 2.45) is 0 Å². The summed E-state index contributed by atoms with van der Waals surface area (Å²) in [5.74, 6) is 0. The summed E-state index contributed by atoms with van der Waals surface area (Å²) in [5.41, 5.74) is 9.32. The molecule has 0 amide bonds. The van der Waals surface area contributed by atoms with E-state index in [-0.39, 0.29) is 0 Å². The monoisotopic (exact) mass is 696 g/mol. The maximum absolute atomic E-state index is 6.83. The van der Waals surface area contributed by atoms with E-state index >= 15 is 0 Å². The number of hydrogen-bond donors (Lipinski definition) is 0. The first-order valence-electron chi connectivity index (χ1n) is 19.0. The molecule has 0 aliphatic heterocycles. The van der Waals surface area contributed by atoms with Gasteiger partial charge in [0.25, 0.3) is 0 Å². The highest BCUT2D eigenvalue weighted by atomic mass is 16.3. The molecule has 1 nitrogen and oxygen atoms in total. The highest BCUT2D eigenvalue weighted by molar-refractivity contribution is 6.32. The predicted molar refractivity (Wildman–Crippen MR) is 235 cm³/mol. The minimum atomic E-state index is 0.952. The van der Waals surface area contributed by atoms with Gasteiger partial charge in [-0.3, -0.25) is 0 Å². The summed E-state index contributed by atoms with van der Waals surface area (Å²) >= 11 is 0. The zero-order chi connectivity index (χ0) is 36.0. The molecule has 254 valence electrons. The minimum absolute atomic E-state index is 0.952. The Morgan fingerprint density at radius 1 is 0.255 bits per heavy atom. The average Bonchev–Trinajstić information content (AvgIpc) is 3.66. The summed E-state index contributed by atoms with van der Waals surface area (Å²) in [6, 6.07) is 71.0. The molecule has 1 heterocycles. The molecule has 0 unspecified atom stereocenters. The Morgan fingerprint density at radius 2 is 0.764 bits per heavy atom. The first kappa shape index (κ1) is 30.3. The fourth-order valence-electron chi connectivity index (χ4n) is 9.37. The van der Waals surface area contributed by atoms with Gasteiger partial charge in [-0.1, -0.05) is 176 Å². The van der Waals surface area contributed by atoms with Crippen molar-refractivity contribution in [3.8, 4) is 33.4 Å². The fourth-order valence-corrected chi connectivity index (χ4v) is 9.37. The lowest BCUT2D eigenvalue weighted by Gasteiger charge is -2.19. The van der Waals surface area contributed by atoms with E-state index in [1.165, 1.54) is 92.6 Å². The number of hydrogen-bond acceptors (Lipinski definition) is 1. The molecule has 55 heavy (non-hydrogen) atoms. The van der Waals surface area contributed by atoms with E-state index < -0.39 is 0 Å². The smallest absolute Gasteiger partial charge is 0.143 e. The fraction of sp³-hybridized carbons (Fsp3) is 0. The highest BCUT2D eigenvalue weighted by Gasteiger charge is 2.20. The van der Waals surface area contributed by atoms with Gasteiger partial charge in [-0.25, -0.2) is 0 Å². The van der Waals surface area contributed by atoms with E-state index in [1.807, 2.05) is 0 Å². The topological polar surface area (TPSA) is 13.1 Å². The van der Waals surface area contributed by atoms with Gasteiger partial charge in [-0.15, -0.1) is 0 Å². The SMILES string of the molecule is c1ccc2c(-c3c4ccccc4c(-c4ccc(-c5ccc6c(c5)c5ccccc5c5c7ccc8ccccc8c7oc65)cc4)c4ccccc34)cccc2c1. The van der Waals surface area contributed by atoms with Gasteiger partial charge in [0.2, 0.25) is 0 Å². The molecule has 1 aromatic heterocycles. The third-order valence-electron chi connectivity index (χ3n) is 11.8. The van der Waals surface area contributed by atoms with Gasteiger partial charge in [0, 0.05) is 21.5 Å². The van der Waals surface area contributed by atoms with Crippen molar-refractivity contribution in [3.05, 3.63) is 194 Å². The van der Waals surface area contributed by atoms with Crippen molar-refractivity contribution < 1.29 is 4.42 Å². The van der Waals surface area contributed by atoms with Gasteiger partial charge < -0.3 is 4.42 Å². The number of rotatable bonds is 3. The molecular formula is C54H32O. The molecule has 0 spiro atoms. The lowest BCUT2D eigenvalue weighted by Crippen LogP contribution is -1.91. The van der Waals surface area contributed by atoms with E-state index in [4.69, 9.17) is 4.42 Å². The Morgan fingerprint density at radius 3 is 1.47 bits per heavy atom. The number of fused-ring (bicyclic) bond motifs is 13. The molecule has 0 fully saturated rings. The molecule has 12 rings (SSSR count). The standard InChI is InChI=1S/C54H32O/c1-3-15-38-34(12-1)14-11-23-41(38)51-45-21-9-7-19-43(45)50(44-20-8-10-22-46(44)51)36-26-24-33(25-27-36)37-29-30-47-49(32-37)40-17-5-6-18-42(40)52-48-31-28-35-13-2-4-16-39(35)53(48)55-54(47)52/h1-32H. The summed E-state index contributed by atoms with van der Waals surface area (Å²) in [5, 5.41) is 17.1. The van der Waals surface area contributed by atoms with Crippen LogP contribution in [0.5, 0.6) is 0 Å². The Kier molecular flexibility index (Phi) is 6.40. The predicted octanol–water partition coefficient (Wildman–Crippen LogP) is 15.5. The van der Waals surface area contributed by atoms with Gasteiger partial charge in [0.05, 0.1) is 0 Å². The molecular weight excluding hydrogens is 665 g/mol. The third-order valence-corrected chi connectivity index (χ3v) is 11.8. The van der Waals surface area contributed by atoms with E-state index in [2.05, 4.69) is 194 Å². The summed E-state index contributed by atoms with van der Waals surface area (Å²) in [7, 11) is 0. The first-order valence-corrected chi connectivity index (χ1v) is 19.0. The van der Waals surface area contributed by atoms with Crippen LogP contribution >= 0.6 is 0 Å². The van der Waals surface area contributed by atoms with E-state index in [1.54, 1.807) is 0 Å². The minimum Gasteiger partial charge on any atom is -0.455 e. The third kappa shape index (κ3) is 4.41. The molecule has 12 aromatic rings. The quantitative estimate of drug-likeness (QED) is 0.132. The van der Waals surface area contributed by atoms with Gasteiger partial charge in [0.15, 0.2) is 0 Å². The van der Waals surface area contributed by atoms with Crippen LogP contribution in [0.15, 0.2) is 199 Å². The molecule has 0 N–H and O–H groups in total. The zero-order valence-corrected chi connectivity index (χ0v) is 29.9. The molecule has 0 aliphatic carbocycles. The molecule has 11 aromatic carbocycles. The van der Waals surface area contributed by atoms with Crippen LogP contribution in [0.1, 0.15) is 0 Å². The average molecular weight is 697 g/mol. The Hall–Kier alpha value is -7.22. The van der Waals surface area contributed by atoms with Crippen LogP contribution in [0, 0.1) is 0 Å². The summed E-state index contributed by atoms with van der Waals surface area (Å²) in [4.78, 5) is 0. The van der Waals surface area contributed by atoms with E-state index in [0.717, 1.165) is 27.3 Å². The molecule has 0 bridgehead atoms. The Bertz CT molecular complexity index is 3470. The van der Waals surface area contributed by atoms with Crippen LogP contribution in [-0.2, 0) is 0 Å². The van der Waals surface area contributed by atoms with E-state index in [9.17, 15) is 0 Å². The van der Waals surface area contributed by atoms with Crippen LogP contribution in [0.25, 0.3) is 120 Å². The molecule has 0 saturated heterocycles. The summed E-state index contributed by atoms with van der Waals surface area (Å²) in [6.45, 7) is 0. The summed E-state index contributed by atoms with van der Waals surface area (Å²) in [6.07, 6.45) is 0. The molecule has 1 heteroatoms. The van der Waals surface area contributed by atoms with Crippen molar-refractivity contribution in [3.63, 3.8) is 0 Å². The van der Waals surface area contributed by atoms with Crippen molar-refractivity contribution in [1.29, 1.82) is 0 Å². The van der Waals surface area contributed by atoms with Gasteiger partial charge in [0.1, 0.15) is 11.2 Å². The lowest BCUT2D eigenvalue weighted by atomic mass is 9.84. The lowest BCUT2D eigenvalue weighted by molar-refractivity contribution is 0.676. The normalized spacial score (nSPS) is 12.0. The van der Waals surface area contributed by atoms with Crippen LogP contribution < -0.4 is 0 Å². The summed E-state index contributed by atoms with van der Waals surface area (Å²) < 4.78 is 6.83. The van der Waals surface area contributed by atoms with Crippen molar-refractivity contribution in [2.45, 2.75) is 0 Å². The highest BCUT2D eigenvalue weighted by Crippen LogP contribution is 2.47. The van der Waals surface area contributed by atoms with Crippen molar-refractivity contribution >= 4 is 86.6 Å². The number of furan rings is 1. The molecule has 0 atom stereocenters. The zero-order valence-electron chi connectivity index (χ0n) is 29.9. The van der Waals surface area contributed by atoms with Crippen LogP contribution in [0.4, 0.5) is 0 Å². The van der Waals surface area contributed by atoms with Gasteiger partial charge >= 0.3 is 0 Å². The van der Waals surface area contributed by atoms with Crippen LogP contribution in [-0.4, -0.2) is 0 Å². The Balaban J connectivity index is 1.04. The first-order chi connectivity index (χ1) is 27.3. The van der Waals surface area contributed by atoms with Crippen molar-refractivity contribution in [1.82, 2.24) is 0 Å². The largest absolute Gasteiger partial charge is 0.455 e. The second-order valence-electron chi connectivity index (χ2n) is 14.7. The van der Waals surface area contributed by atoms with Crippen LogP contribution in [0.3, 0.4) is 0 Å².